The van der Waals surface area contributed by atoms with E-state index < -0.39 is 12.7 Å². The van der Waals surface area contributed by atoms with Gasteiger partial charge in [-0.15, -0.1) is 12.4 Å². The van der Waals surface area contributed by atoms with Gasteiger partial charge < -0.3 is 15.2 Å². The topological polar surface area (TPSA) is 60.0 Å². The molecule has 3 rings (SSSR count). The average Bonchev–Trinajstić information content (AvgIpc) is 2.79. The Bertz CT molecular complexity index is 937. The Labute approximate surface area is 159 Å². The fourth-order valence-electron chi connectivity index (χ4n) is 2.92. The van der Waals surface area contributed by atoms with Gasteiger partial charge in [0.05, 0.1) is 12.1 Å². The molecule has 5 nitrogen and oxygen atoms in total. The average molecular weight is 408 g/mol. The van der Waals surface area contributed by atoms with Gasteiger partial charge in [0, 0.05) is 11.9 Å². The summed E-state index contributed by atoms with van der Waals surface area (Å²) < 4.78 is 40.3. The van der Waals surface area contributed by atoms with E-state index in [1.54, 1.807) is 12.1 Å². The van der Waals surface area contributed by atoms with Crippen molar-refractivity contribution in [1.29, 1.82) is 0 Å². The van der Waals surface area contributed by atoms with E-state index in [2.05, 4.69) is 9.97 Å². The van der Waals surface area contributed by atoms with Gasteiger partial charge >= 0.3 is 6.18 Å². The zero-order valence-electron chi connectivity index (χ0n) is 14.1. The van der Waals surface area contributed by atoms with Crippen molar-refractivity contribution in [3.63, 3.8) is 0 Å². The maximum absolute atomic E-state index is 13.1. The summed E-state index contributed by atoms with van der Waals surface area (Å²) in [7, 11) is 3.84. The van der Waals surface area contributed by atoms with Crippen molar-refractivity contribution in [1.82, 2.24) is 19.4 Å². The van der Waals surface area contributed by atoms with E-state index >= 15 is 0 Å². The molecule has 0 radical (unpaired) electrons. The minimum atomic E-state index is -4.39. The fraction of sp³-hybridized carbons (Fsp3) is 0.375. The molecule has 1 aromatic carbocycles. The van der Waals surface area contributed by atoms with Gasteiger partial charge in [0.15, 0.2) is 5.15 Å². The van der Waals surface area contributed by atoms with Crippen molar-refractivity contribution in [3.05, 3.63) is 34.7 Å². The number of benzene rings is 1. The number of halogens is 5. The molecule has 0 aliphatic heterocycles. The molecule has 2 heterocycles. The molecule has 10 heteroatoms. The Morgan fingerprint density at radius 2 is 1.92 bits per heavy atom. The highest BCUT2D eigenvalue weighted by Crippen LogP contribution is 2.34. The Morgan fingerprint density at radius 1 is 1.23 bits per heavy atom. The van der Waals surface area contributed by atoms with Crippen LogP contribution in [0.5, 0.6) is 0 Å². The number of rotatable bonds is 4. The number of fused-ring (bicyclic) bond motifs is 3. The lowest BCUT2D eigenvalue weighted by Gasteiger charge is -2.12. The largest absolute Gasteiger partial charge is 0.406 e. The monoisotopic (exact) mass is 407 g/mol. The van der Waals surface area contributed by atoms with Gasteiger partial charge in [-0.05, 0) is 31.8 Å². The van der Waals surface area contributed by atoms with Gasteiger partial charge in [-0.2, -0.15) is 13.2 Å². The lowest BCUT2D eigenvalue weighted by Crippen LogP contribution is -2.18. The van der Waals surface area contributed by atoms with E-state index in [0.29, 0.717) is 28.8 Å². The minimum absolute atomic E-state index is 0. The molecule has 2 aromatic heterocycles. The van der Waals surface area contributed by atoms with Gasteiger partial charge in [-0.1, -0.05) is 17.7 Å². The lowest BCUT2D eigenvalue weighted by molar-refractivity contribution is -0.139. The summed E-state index contributed by atoms with van der Waals surface area (Å²) in [6.07, 6.45) is -4.39. The molecule has 0 spiro atoms. The van der Waals surface area contributed by atoms with Crippen LogP contribution in [-0.2, 0) is 19.6 Å². The third kappa shape index (κ3) is 4.03. The van der Waals surface area contributed by atoms with Crippen LogP contribution >= 0.6 is 24.0 Å². The Morgan fingerprint density at radius 3 is 2.50 bits per heavy atom. The zero-order valence-corrected chi connectivity index (χ0v) is 15.7. The van der Waals surface area contributed by atoms with Crippen LogP contribution in [0.4, 0.5) is 13.2 Å². The highest BCUT2D eigenvalue weighted by molar-refractivity contribution is 6.34. The molecule has 0 unspecified atom stereocenters. The number of hydrogen-bond donors (Lipinski definition) is 1. The third-order valence-electron chi connectivity index (χ3n) is 3.78. The van der Waals surface area contributed by atoms with Crippen LogP contribution in [0.15, 0.2) is 18.2 Å². The third-order valence-corrected chi connectivity index (χ3v) is 4.05. The van der Waals surface area contributed by atoms with E-state index in [1.807, 2.05) is 25.1 Å². The number of aromatic nitrogens is 3. The molecule has 0 aliphatic carbocycles. The van der Waals surface area contributed by atoms with Crippen LogP contribution in [0.3, 0.4) is 0 Å². The predicted octanol–water partition coefficient (Wildman–Crippen LogP) is 3.74. The quantitative estimate of drug-likeness (QED) is 0.669. The first-order valence-electron chi connectivity index (χ1n) is 7.58. The van der Waals surface area contributed by atoms with Crippen LogP contribution < -0.4 is 5.73 Å². The van der Waals surface area contributed by atoms with Crippen molar-refractivity contribution < 1.29 is 13.2 Å². The Balaban J connectivity index is 0.00000243. The highest BCUT2D eigenvalue weighted by atomic mass is 35.5. The summed E-state index contributed by atoms with van der Waals surface area (Å²) in [5.74, 6) is 0.293. The molecular formula is C16H18Cl2F3N5. The molecule has 3 aromatic rings. The zero-order chi connectivity index (χ0) is 18.4. The van der Waals surface area contributed by atoms with Gasteiger partial charge in [0.25, 0.3) is 0 Å². The molecule has 0 saturated heterocycles. The smallest absolute Gasteiger partial charge is 0.327 e. The Kier molecular flexibility index (Phi) is 6.02. The van der Waals surface area contributed by atoms with Crippen molar-refractivity contribution >= 4 is 45.9 Å². The normalized spacial score (nSPS) is 12.2. The molecule has 142 valence electrons. The van der Waals surface area contributed by atoms with Gasteiger partial charge in [0.2, 0.25) is 0 Å². The summed E-state index contributed by atoms with van der Waals surface area (Å²) in [6, 6.07) is 5.31. The van der Waals surface area contributed by atoms with E-state index in [0.717, 1.165) is 10.1 Å². The first-order chi connectivity index (χ1) is 11.7. The van der Waals surface area contributed by atoms with Crippen LogP contribution in [0.2, 0.25) is 5.15 Å². The molecule has 0 aliphatic rings. The second kappa shape index (κ2) is 7.56. The second-order valence-electron chi connectivity index (χ2n) is 6.12. The molecular weight excluding hydrogens is 390 g/mol. The molecule has 0 saturated carbocycles. The molecule has 0 fully saturated rings. The highest BCUT2D eigenvalue weighted by Gasteiger charge is 2.31. The van der Waals surface area contributed by atoms with Crippen molar-refractivity contribution in [2.45, 2.75) is 25.8 Å². The summed E-state index contributed by atoms with van der Waals surface area (Å²) in [4.78, 5) is 10.3. The molecule has 0 bridgehead atoms. The van der Waals surface area contributed by atoms with Crippen molar-refractivity contribution in [3.8, 4) is 0 Å². The molecule has 26 heavy (non-hydrogen) atoms. The van der Waals surface area contributed by atoms with E-state index in [9.17, 15) is 13.2 Å². The first-order valence-corrected chi connectivity index (χ1v) is 7.96. The first kappa shape index (κ1) is 20.7. The second-order valence-corrected chi connectivity index (χ2v) is 6.48. The standard InChI is InChI=1S/C16H17ClF3N5.ClH/c1-24(2)7-9-3-4-11-10(5-9)13-14(25(11)8-16(18,19)20)15(17)23-12(6-21)22-13;/h3-5H,6-8,21H2,1-2H3;1H. The summed E-state index contributed by atoms with van der Waals surface area (Å²) in [5, 5.41) is 0.581. The maximum atomic E-state index is 13.1. The van der Waals surface area contributed by atoms with Gasteiger partial charge in [0.1, 0.15) is 23.4 Å². The van der Waals surface area contributed by atoms with Crippen LogP contribution in [0, 0.1) is 0 Å². The summed E-state index contributed by atoms with van der Waals surface area (Å²) >= 11 is 6.17. The molecule has 2 N–H and O–H groups in total. The van der Waals surface area contributed by atoms with Gasteiger partial charge in [-0.3, -0.25) is 0 Å². The van der Waals surface area contributed by atoms with Crippen molar-refractivity contribution in [2.75, 3.05) is 14.1 Å². The van der Waals surface area contributed by atoms with E-state index in [-0.39, 0.29) is 29.6 Å². The summed E-state index contributed by atoms with van der Waals surface area (Å²) in [6.45, 7) is -0.450. The Hall–Kier alpha value is -1.61. The number of hydrogen-bond acceptors (Lipinski definition) is 4. The minimum Gasteiger partial charge on any atom is -0.327 e. The molecule has 0 atom stereocenters. The predicted molar refractivity (Wildman–Crippen MR) is 98.6 cm³/mol. The van der Waals surface area contributed by atoms with Crippen LogP contribution in [0.25, 0.3) is 21.9 Å². The SMILES string of the molecule is CN(C)Cc1ccc2c(c1)c1nc(CN)nc(Cl)c1n2CC(F)(F)F.Cl. The van der Waals surface area contributed by atoms with Crippen LogP contribution in [0.1, 0.15) is 11.4 Å². The number of nitrogens with two attached hydrogens (primary N) is 1. The lowest BCUT2D eigenvalue weighted by atomic mass is 10.1. The maximum Gasteiger partial charge on any atom is 0.406 e. The van der Waals surface area contributed by atoms with E-state index in [1.165, 1.54) is 0 Å². The summed E-state index contributed by atoms with van der Waals surface area (Å²) in [5.41, 5.74) is 7.53. The fourth-order valence-corrected chi connectivity index (χ4v) is 3.21. The number of nitrogens with zero attached hydrogens (tertiary/aromatic N) is 4. The van der Waals surface area contributed by atoms with E-state index in [4.69, 9.17) is 17.3 Å². The van der Waals surface area contributed by atoms with Crippen molar-refractivity contribution in [2.24, 2.45) is 5.73 Å². The number of alkyl halides is 3. The van der Waals surface area contributed by atoms with Gasteiger partial charge in [-0.25, -0.2) is 9.97 Å². The molecule has 0 amide bonds. The van der Waals surface area contributed by atoms with Crippen LogP contribution in [-0.4, -0.2) is 39.7 Å².